The predicted octanol–water partition coefficient (Wildman–Crippen LogP) is 2.00. The summed E-state index contributed by atoms with van der Waals surface area (Å²) in [6.45, 7) is 4.08. The van der Waals surface area contributed by atoms with Gasteiger partial charge in [0, 0.05) is 20.6 Å². The molecule has 0 bridgehead atoms. The minimum absolute atomic E-state index is 0.116. The second-order valence-electron chi connectivity index (χ2n) is 6.97. The first-order chi connectivity index (χ1) is 13.4. The van der Waals surface area contributed by atoms with E-state index in [4.69, 9.17) is 0 Å². The number of anilines is 1. The lowest BCUT2D eigenvalue weighted by Gasteiger charge is -2.26. The molecule has 1 aliphatic heterocycles. The van der Waals surface area contributed by atoms with Gasteiger partial charge in [0.2, 0.25) is 5.95 Å². The zero-order valence-electron chi connectivity index (χ0n) is 16.3. The highest BCUT2D eigenvalue weighted by Gasteiger charge is 2.28. The molecule has 8 nitrogen and oxygen atoms in total. The third-order valence-electron chi connectivity index (χ3n) is 5.14. The van der Waals surface area contributed by atoms with Crippen LogP contribution in [-0.4, -0.2) is 31.4 Å². The van der Waals surface area contributed by atoms with Crippen molar-refractivity contribution < 1.29 is 0 Å². The molecule has 0 saturated carbocycles. The van der Waals surface area contributed by atoms with Crippen molar-refractivity contribution in [1.29, 1.82) is 0 Å². The standard InChI is InChI=1S/C20H22N6O2/c1-13-14(2)26-16-17(21-19(26)24(4)22-13)23(3)20(28)25(18(16)27)12-8-11-15-9-6-5-7-10-15/h5-11,14H,12H2,1-4H3. The normalized spacial score (nSPS) is 16.6. The summed E-state index contributed by atoms with van der Waals surface area (Å²) in [6.07, 6.45) is 3.72. The van der Waals surface area contributed by atoms with E-state index in [0.717, 1.165) is 11.3 Å². The van der Waals surface area contributed by atoms with E-state index in [0.29, 0.717) is 17.1 Å². The van der Waals surface area contributed by atoms with Crippen molar-refractivity contribution in [2.45, 2.75) is 26.4 Å². The van der Waals surface area contributed by atoms with E-state index in [2.05, 4.69) is 10.1 Å². The molecule has 1 unspecified atom stereocenters. The van der Waals surface area contributed by atoms with E-state index in [1.165, 1.54) is 9.13 Å². The first-order valence-electron chi connectivity index (χ1n) is 9.12. The molecule has 144 valence electrons. The van der Waals surface area contributed by atoms with Gasteiger partial charge in [0.25, 0.3) is 5.56 Å². The van der Waals surface area contributed by atoms with Crippen molar-refractivity contribution in [3.63, 3.8) is 0 Å². The highest BCUT2D eigenvalue weighted by Crippen LogP contribution is 2.28. The fourth-order valence-corrected chi connectivity index (χ4v) is 3.49. The fourth-order valence-electron chi connectivity index (χ4n) is 3.49. The highest BCUT2D eigenvalue weighted by atomic mass is 16.2. The smallest absolute Gasteiger partial charge is 0.294 e. The van der Waals surface area contributed by atoms with Crippen molar-refractivity contribution in [1.82, 2.24) is 18.7 Å². The molecule has 8 heteroatoms. The molecule has 1 aliphatic rings. The van der Waals surface area contributed by atoms with Crippen LogP contribution in [0.15, 0.2) is 51.1 Å². The summed E-state index contributed by atoms with van der Waals surface area (Å²) in [4.78, 5) is 30.5. The number of nitrogens with zero attached hydrogens (tertiary/aromatic N) is 6. The molecule has 1 atom stereocenters. The first-order valence-corrected chi connectivity index (χ1v) is 9.12. The number of hydrogen-bond donors (Lipinski definition) is 0. The van der Waals surface area contributed by atoms with Crippen molar-refractivity contribution in [3.05, 3.63) is 62.8 Å². The van der Waals surface area contributed by atoms with E-state index in [1.54, 1.807) is 19.1 Å². The van der Waals surface area contributed by atoms with Crippen molar-refractivity contribution >= 4 is 28.9 Å². The monoisotopic (exact) mass is 378 g/mol. The van der Waals surface area contributed by atoms with Crippen molar-refractivity contribution in [2.24, 2.45) is 12.1 Å². The van der Waals surface area contributed by atoms with Gasteiger partial charge in [-0.2, -0.15) is 10.1 Å². The minimum Gasteiger partial charge on any atom is -0.294 e. The van der Waals surface area contributed by atoms with Crippen LogP contribution in [0.3, 0.4) is 0 Å². The van der Waals surface area contributed by atoms with Gasteiger partial charge in [0.05, 0.1) is 11.8 Å². The number of aromatic nitrogens is 4. The summed E-state index contributed by atoms with van der Waals surface area (Å²) >= 11 is 0. The number of imidazole rings is 1. The summed E-state index contributed by atoms with van der Waals surface area (Å²) in [5.74, 6) is 0.553. The Morgan fingerprint density at radius 3 is 2.57 bits per heavy atom. The van der Waals surface area contributed by atoms with Crippen molar-refractivity contribution in [3.8, 4) is 0 Å². The number of aryl methyl sites for hydroxylation is 1. The van der Waals surface area contributed by atoms with E-state index in [1.807, 2.05) is 60.9 Å². The molecule has 3 heterocycles. The number of rotatable bonds is 3. The zero-order chi connectivity index (χ0) is 20.0. The van der Waals surface area contributed by atoms with Gasteiger partial charge in [0.1, 0.15) is 0 Å². The summed E-state index contributed by atoms with van der Waals surface area (Å²) < 4.78 is 4.52. The summed E-state index contributed by atoms with van der Waals surface area (Å²) in [5.41, 5.74) is 1.94. The molecular weight excluding hydrogens is 356 g/mol. The number of fused-ring (bicyclic) bond motifs is 3. The topological polar surface area (TPSA) is 77.4 Å². The fraction of sp³-hybridized carbons (Fsp3) is 0.300. The van der Waals surface area contributed by atoms with E-state index >= 15 is 0 Å². The van der Waals surface area contributed by atoms with Crippen LogP contribution in [0.2, 0.25) is 0 Å². The molecule has 4 rings (SSSR count). The Balaban J connectivity index is 1.87. The van der Waals surface area contributed by atoms with Gasteiger partial charge in [-0.05, 0) is 19.4 Å². The molecule has 1 aromatic carbocycles. The van der Waals surface area contributed by atoms with Gasteiger partial charge in [0.15, 0.2) is 11.2 Å². The van der Waals surface area contributed by atoms with Gasteiger partial charge >= 0.3 is 5.69 Å². The lowest BCUT2D eigenvalue weighted by molar-refractivity contribution is 0.643. The number of hydrazone groups is 1. The van der Waals surface area contributed by atoms with Crippen LogP contribution in [-0.2, 0) is 13.6 Å². The lowest BCUT2D eigenvalue weighted by atomic mass is 10.2. The Kier molecular flexibility index (Phi) is 4.26. The average molecular weight is 378 g/mol. The van der Waals surface area contributed by atoms with Crippen LogP contribution in [0, 0.1) is 0 Å². The highest BCUT2D eigenvalue weighted by molar-refractivity contribution is 5.90. The third-order valence-corrected chi connectivity index (χ3v) is 5.14. The first kappa shape index (κ1) is 18.0. The molecule has 28 heavy (non-hydrogen) atoms. The largest absolute Gasteiger partial charge is 0.332 e. The number of hydrogen-bond acceptors (Lipinski definition) is 5. The summed E-state index contributed by atoms with van der Waals surface area (Å²) in [7, 11) is 3.42. The Morgan fingerprint density at radius 1 is 1.14 bits per heavy atom. The van der Waals surface area contributed by atoms with Gasteiger partial charge in [-0.15, -0.1) is 0 Å². The molecule has 2 aromatic heterocycles. The van der Waals surface area contributed by atoms with Gasteiger partial charge in [-0.1, -0.05) is 42.5 Å². The molecule has 0 N–H and O–H groups in total. The summed E-state index contributed by atoms with van der Waals surface area (Å²) in [5, 5.41) is 6.08. The zero-order valence-corrected chi connectivity index (χ0v) is 16.3. The maximum atomic E-state index is 13.2. The van der Waals surface area contributed by atoms with E-state index < -0.39 is 5.69 Å². The molecule has 0 amide bonds. The van der Waals surface area contributed by atoms with Crippen molar-refractivity contribution in [2.75, 3.05) is 12.1 Å². The number of allylic oxidation sites excluding steroid dienone is 1. The SMILES string of the molecule is CC1=NN(C)c2nc3c(c(=O)n(CC=Cc4ccccc4)c(=O)n3C)n2C1C. The molecule has 0 saturated heterocycles. The van der Waals surface area contributed by atoms with Gasteiger partial charge < -0.3 is 0 Å². The van der Waals surface area contributed by atoms with Crippen LogP contribution in [0.5, 0.6) is 0 Å². The molecule has 3 aromatic rings. The van der Waals surface area contributed by atoms with Gasteiger partial charge in [-0.3, -0.25) is 18.5 Å². The molecule has 0 aliphatic carbocycles. The second kappa shape index (κ2) is 6.63. The quantitative estimate of drug-likeness (QED) is 0.698. The van der Waals surface area contributed by atoms with E-state index in [9.17, 15) is 9.59 Å². The van der Waals surface area contributed by atoms with Crippen LogP contribution in [0.25, 0.3) is 17.2 Å². The lowest BCUT2D eigenvalue weighted by Crippen LogP contribution is -2.40. The van der Waals surface area contributed by atoms with Crippen LogP contribution < -0.4 is 16.3 Å². The molecular formula is C20H22N6O2. The molecule has 0 fully saturated rings. The van der Waals surface area contributed by atoms with Crippen LogP contribution in [0.4, 0.5) is 5.95 Å². The Morgan fingerprint density at radius 2 is 1.86 bits per heavy atom. The number of benzene rings is 1. The minimum atomic E-state index is -0.390. The molecule has 0 radical (unpaired) electrons. The maximum absolute atomic E-state index is 13.2. The maximum Gasteiger partial charge on any atom is 0.332 e. The predicted molar refractivity (Wildman–Crippen MR) is 111 cm³/mol. The Labute approximate surface area is 161 Å². The van der Waals surface area contributed by atoms with E-state index in [-0.39, 0.29) is 18.1 Å². The average Bonchev–Trinajstić information content (AvgIpc) is 3.10. The second-order valence-corrected chi connectivity index (χ2v) is 6.97. The third kappa shape index (κ3) is 2.69. The summed E-state index contributed by atoms with van der Waals surface area (Å²) in [6, 6.07) is 9.64. The van der Waals surface area contributed by atoms with Gasteiger partial charge in [-0.25, -0.2) is 9.80 Å². The Hall–Kier alpha value is -3.42. The van der Waals surface area contributed by atoms with Crippen LogP contribution >= 0.6 is 0 Å². The van der Waals surface area contributed by atoms with Crippen LogP contribution in [0.1, 0.15) is 25.5 Å². The molecule has 0 spiro atoms. The Bertz CT molecular complexity index is 1230.